The van der Waals surface area contributed by atoms with Crippen LogP contribution in [0.4, 0.5) is 11.6 Å². The van der Waals surface area contributed by atoms with Crippen molar-refractivity contribution in [1.82, 2.24) is 24.8 Å². The van der Waals surface area contributed by atoms with Crippen LogP contribution < -0.4 is 5.32 Å². The summed E-state index contributed by atoms with van der Waals surface area (Å²) in [6.45, 7) is 5.11. The van der Waals surface area contributed by atoms with E-state index in [9.17, 15) is 4.79 Å². The number of rotatable bonds is 5. The van der Waals surface area contributed by atoms with Gasteiger partial charge in [0, 0.05) is 43.5 Å². The first-order valence-electron chi connectivity index (χ1n) is 9.89. The molecule has 1 saturated heterocycles. The maximum Gasteiger partial charge on any atom is 0.291 e. The van der Waals surface area contributed by atoms with E-state index in [0.29, 0.717) is 48.5 Å². The lowest BCUT2D eigenvalue weighted by molar-refractivity contribution is 0.0671. The quantitative estimate of drug-likeness (QED) is 0.710. The Labute approximate surface area is 169 Å². The van der Waals surface area contributed by atoms with Gasteiger partial charge in [0.25, 0.3) is 5.91 Å². The number of hydrogen-bond acceptors (Lipinski definition) is 7. The molecule has 1 atom stereocenters. The van der Waals surface area contributed by atoms with Crippen molar-refractivity contribution in [2.45, 2.75) is 39.0 Å². The molecule has 1 amide bonds. The smallest absolute Gasteiger partial charge is 0.291 e. The summed E-state index contributed by atoms with van der Waals surface area (Å²) < 4.78 is 5.66. The summed E-state index contributed by atoms with van der Waals surface area (Å²) in [5, 5.41) is 3.17. The molecule has 3 aromatic heterocycles. The molecule has 0 aromatic carbocycles. The predicted octanol–water partition coefficient (Wildman–Crippen LogP) is 3.49. The first-order valence-corrected chi connectivity index (χ1v) is 9.89. The minimum absolute atomic E-state index is 0.0896. The largest absolute Gasteiger partial charge is 0.435 e. The number of aromatic nitrogens is 4. The molecule has 0 bridgehead atoms. The van der Waals surface area contributed by atoms with Crippen LogP contribution in [0.1, 0.15) is 53.5 Å². The lowest BCUT2D eigenvalue weighted by Crippen LogP contribution is -2.39. The molecular weight excluding hydrogens is 368 g/mol. The van der Waals surface area contributed by atoms with Gasteiger partial charge in [-0.15, -0.1) is 0 Å². The molecule has 0 saturated carbocycles. The molecular formula is C21H24N6O2. The minimum atomic E-state index is -0.0896. The zero-order valence-electron chi connectivity index (χ0n) is 16.6. The number of hydrogen-bond donors (Lipinski definition) is 1. The Morgan fingerprint density at radius 3 is 2.93 bits per heavy atom. The van der Waals surface area contributed by atoms with Crippen molar-refractivity contribution in [1.29, 1.82) is 0 Å². The molecule has 0 unspecified atom stereocenters. The van der Waals surface area contributed by atoms with Crippen LogP contribution in [0.3, 0.4) is 0 Å². The lowest BCUT2D eigenvalue weighted by atomic mass is 9.94. The van der Waals surface area contributed by atoms with Crippen LogP contribution in [0.2, 0.25) is 0 Å². The Kier molecular flexibility index (Phi) is 5.50. The third-order valence-electron chi connectivity index (χ3n) is 5.05. The first kappa shape index (κ1) is 19.0. The van der Waals surface area contributed by atoms with E-state index in [1.165, 1.54) is 0 Å². The Bertz CT molecular complexity index is 988. The highest BCUT2D eigenvalue weighted by atomic mass is 16.4. The number of aryl methyl sites for hydroxylation is 2. The highest BCUT2D eigenvalue weighted by Gasteiger charge is 2.29. The van der Waals surface area contributed by atoms with Crippen molar-refractivity contribution in [2.75, 3.05) is 18.4 Å². The molecule has 1 fully saturated rings. The topological polar surface area (TPSA) is 97.0 Å². The molecule has 0 spiro atoms. The highest BCUT2D eigenvalue weighted by molar-refractivity contribution is 5.92. The van der Waals surface area contributed by atoms with Crippen LogP contribution in [-0.2, 0) is 6.42 Å². The highest BCUT2D eigenvalue weighted by Crippen LogP contribution is 2.28. The standard InChI is InChI=1S/C21H24N6O2/c1-3-19-24-14(2)20(29-19)21(28)27-11-5-6-15(13-27)16-7-4-8-17(25-16)26-18-12-22-9-10-23-18/h4,7-10,12,15H,3,5-6,11,13H2,1-2H3,(H,23,25,26)/t15-/m0/s1. The van der Waals surface area contributed by atoms with Crippen LogP contribution in [0.25, 0.3) is 0 Å². The van der Waals surface area contributed by atoms with Crippen LogP contribution in [0, 0.1) is 6.92 Å². The van der Waals surface area contributed by atoms with E-state index < -0.39 is 0 Å². The monoisotopic (exact) mass is 392 g/mol. The molecule has 4 heterocycles. The number of oxazole rings is 1. The van der Waals surface area contributed by atoms with Crippen LogP contribution in [-0.4, -0.2) is 43.8 Å². The van der Waals surface area contributed by atoms with Gasteiger partial charge < -0.3 is 14.6 Å². The SMILES string of the molecule is CCc1nc(C)c(C(=O)N2CCC[C@H](c3cccc(Nc4cnccn4)n3)C2)o1. The van der Waals surface area contributed by atoms with E-state index in [1.54, 1.807) is 18.6 Å². The predicted molar refractivity (Wildman–Crippen MR) is 108 cm³/mol. The zero-order valence-corrected chi connectivity index (χ0v) is 16.6. The minimum Gasteiger partial charge on any atom is -0.435 e. The van der Waals surface area contributed by atoms with Gasteiger partial charge in [0.1, 0.15) is 11.6 Å². The zero-order chi connectivity index (χ0) is 20.2. The molecule has 3 aromatic rings. The van der Waals surface area contributed by atoms with Gasteiger partial charge in [-0.05, 0) is 31.9 Å². The van der Waals surface area contributed by atoms with E-state index in [0.717, 1.165) is 18.5 Å². The number of nitrogens with zero attached hydrogens (tertiary/aromatic N) is 5. The first-order chi connectivity index (χ1) is 14.1. The van der Waals surface area contributed by atoms with E-state index in [-0.39, 0.29) is 11.8 Å². The maximum atomic E-state index is 13.0. The fourth-order valence-corrected chi connectivity index (χ4v) is 3.59. The molecule has 0 radical (unpaired) electrons. The summed E-state index contributed by atoms with van der Waals surface area (Å²) in [4.78, 5) is 32.2. The van der Waals surface area contributed by atoms with Gasteiger partial charge in [0.2, 0.25) is 5.76 Å². The molecule has 8 heteroatoms. The number of carbonyl (C=O) groups is 1. The van der Waals surface area contributed by atoms with Gasteiger partial charge in [0.15, 0.2) is 5.89 Å². The molecule has 29 heavy (non-hydrogen) atoms. The molecule has 150 valence electrons. The number of nitrogens with one attached hydrogen (secondary N) is 1. The van der Waals surface area contributed by atoms with Gasteiger partial charge in [-0.2, -0.15) is 0 Å². The third-order valence-corrected chi connectivity index (χ3v) is 5.05. The molecule has 8 nitrogen and oxygen atoms in total. The maximum absolute atomic E-state index is 13.0. The summed E-state index contributed by atoms with van der Waals surface area (Å²) in [6.07, 6.45) is 7.50. The average molecular weight is 392 g/mol. The number of anilines is 2. The Hall–Kier alpha value is -3.29. The van der Waals surface area contributed by atoms with Crippen molar-refractivity contribution in [2.24, 2.45) is 0 Å². The summed E-state index contributed by atoms with van der Waals surface area (Å²) in [5.74, 6) is 2.39. The van der Waals surface area contributed by atoms with Gasteiger partial charge in [-0.3, -0.25) is 9.78 Å². The Morgan fingerprint density at radius 2 is 2.17 bits per heavy atom. The molecule has 4 rings (SSSR count). The second-order valence-electron chi connectivity index (χ2n) is 7.13. The fourth-order valence-electron chi connectivity index (χ4n) is 3.59. The molecule has 1 N–H and O–H groups in total. The summed E-state index contributed by atoms with van der Waals surface area (Å²) >= 11 is 0. The molecule has 0 aliphatic carbocycles. The molecule has 1 aliphatic heterocycles. The summed E-state index contributed by atoms with van der Waals surface area (Å²) in [7, 11) is 0. The Morgan fingerprint density at radius 1 is 1.28 bits per heavy atom. The molecule has 1 aliphatic rings. The van der Waals surface area contributed by atoms with E-state index in [4.69, 9.17) is 9.40 Å². The van der Waals surface area contributed by atoms with Crippen molar-refractivity contribution >= 4 is 17.5 Å². The van der Waals surface area contributed by atoms with E-state index in [2.05, 4.69) is 20.3 Å². The number of amides is 1. The second kappa shape index (κ2) is 8.38. The number of pyridine rings is 1. The summed E-state index contributed by atoms with van der Waals surface area (Å²) in [5.41, 5.74) is 1.61. The van der Waals surface area contributed by atoms with Crippen molar-refractivity contribution in [3.63, 3.8) is 0 Å². The second-order valence-corrected chi connectivity index (χ2v) is 7.13. The van der Waals surface area contributed by atoms with E-state index in [1.807, 2.05) is 36.9 Å². The van der Waals surface area contributed by atoms with Gasteiger partial charge in [-0.1, -0.05) is 13.0 Å². The van der Waals surface area contributed by atoms with E-state index >= 15 is 0 Å². The van der Waals surface area contributed by atoms with Gasteiger partial charge in [-0.25, -0.2) is 15.0 Å². The van der Waals surface area contributed by atoms with Gasteiger partial charge >= 0.3 is 0 Å². The summed E-state index contributed by atoms with van der Waals surface area (Å²) in [6, 6.07) is 5.87. The Balaban J connectivity index is 1.49. The van der Waals surface area contributed by atoms with Gasteiger partial charge in [0.05, 0.1) is 11.9 Å². The van der Waals surface area contributed by atoms with Crippen LogP contribution >= 0.6 is 0 Å². The van der Waals surface area contributed by atoms with Crippen molar-refractivity contribution in [3.05, 3.63) is 59.8 Å². The number of carbonyl (C=O) groups excluding carboxylic acids is 1. The average Bonchev–Trinajstić information content (AvgIpc) is 3.15. The van der Waals surface area contributed by atoms with Crippen molar-refractivity contribution in [3.8, 4) is 0 Å². The van der Waals surface area contributed by atoms with Crippen LogP contribution in [0.5, 0.6) is 0 Å². The number of piperidine rings is 1. The van der Waals surface area contributed by atoms with Crippen LogP contribution in [0.15, 0.2) is 41.2 Å². The normalized spacial score (nSPS) is 16.6. The number of likely N-dealkylation sites (tertiary alicyclic amines) is 1. The fraction of sp³-hybridized carbons (Fsp3) is 0.381. The van der Waals surface area contributed by atoms with Crippen molar-refractivity contribution < 1.29 is 9.21 Å². The third kappa shape index (κ3) is 4.26. The lowest BCUT2D eigenvalue weighted by Gasteiger charge is -2.32.